The number of halogens is 1. The Morgan fingerprint density at radius 2 is 2.31 bits per heavy atom. The molecule has 0 aliphatic heterocycles. The fourth-order valence-electron chi connectivity index (χ4n) is 1.21. The highest BCUT2D eigenvalue weighted by Gasteiger charge is 2.08. The summed E-state index contributed by atoms with van der Waals surface area (Å²) in [6.07, 6.45) is 4.08. The summed E-state index contributed by atoms with van der Waals surface area (Å²) in [4.78, 5) is 9.95. The van der Waals surface area contributed by atoms with Gasteiger partial charge >= 0.3 is 0 Å². The topological polar surface area (TPSA) is 55.2 Å². The summed E-state index contributed by atoms with van der Waals surface area (Å²) in [7, 11) is 1.82. The molecule has 1 aromatic rings. The maximum atomic E-state index is 13.3. The first-order chi connectivity index (χ1) is 7.65. The van der Waals surface area contributed by atoms with Crippen LogP contribution in [0.25, 0.3) is 6.08 Å². The highest BCUT2D eigenvalue weighted by atomic mass is 19.1. The Morgan fingerprint density at radius 1 is 1.56 bits per heavy atom. The number of nitro groups is 1. The molecule has 0 unspecified atom stereocenters. The van der Waals surface area contributed by atoms with Gasteiger partial charge < -0.3 is 5.32 Å². The van der Waals surface area contributed by atoms with E-state index in [1.807, 2.05) is 7.05 Å². The van der Waals surface area contributed by atoms with Crippen LogP contribution in [0, 0.1) is 15.9 Å². The van der Waals surface area contributed by atoms with E-state index >= 15 is 0 Å². The number of non-ortho nitro benzene ring substituents is 1. The van der Waals surface area contributed by atoms with Crippen LogP contribution in [0.3, 0.4) is 0 Å². The Labute approximate surface area is 92.9 Å². The number of rotatable bonds is 5. The third-order valence-electron chi connectivity index (χ3n) is 2.05. The predicted molar refractivity (Wildman–Crippen MR) is 60.6 cm³/mol. The standard InChI is InChI=1S/C11H13FN2O2/c1-13-7-3-2-4-9-8-10(14(15)16)5-6-11(9)12/h2,4-6,8,13H,3,7H2,1H3. The number of nitrogens with zero attached hydrogens (tertiary/aromatic N) is 1. The van der Waals surface area contributed by atoms with Gasteiger partial charge in [-0.1, -0.05) is 12.2 Å². The van der Waals surface area contributed by atoms with Gasteiger partial charge in [0.25, 0.3) is 5.69 Å². The molecule has 1 aromatic carbocycles. The van der Waals surface area contributed by atoms with Crippen LogP contribution in [0.1, 0.15) is 12.0 Å². The van der Waals surface area contributed by atoms with E-state index in [1.54, 1.807) is 12.2 Å². The summed E-state index contributed by atoms with van der Waals surface area (Å²) >= 11 is 0. The number of hydrogen-bond acceptors (Lipinski definition) is 3. The summed E-state index contributed by atoms with van der Waals surface area (Å²) in [6, 6.07) is 3.49. The zero-order chi connectivity index (χ0) is 12.0. The van der Waals surface area contributed by atoms with Gasteiger partial charge in [0.05, 0.1) is 4.92 Å². The van der Waals surface area contributed by atoms with Gasteiger partial charge in [-0.2, -0.15) is 0 Å². The minimum atomic E-state index is -0.537. The minimum Gasteiger partial charge on any atom is -0.319 e. The Bertz CT molecular complexity index is 405. The molecule has 0 saturated heterocycles. The number of hydrogen-bond donors (Lipinski definition) is 1. The molecular weight excluding hydrogens is 211 g/mol. The second-order valence-electron chi connectivity index (χ2n) is 3.26. The first-order valence-electron chi connectivity index (χ1n) is 4.90. The number of nitrogens with one attached hydrogen (secondary N) is 1. The van der Waals surface area contributed by atoms with Gasteiger partial charge in [-0.3, -0.25) is 10.1 Å². The number of benzene rings is 1. The average molecular weight is 224 g/mol. The fraction of sp³-hybridized carbons (Fsp3) is 0.273. The molecule has 16 heavy (non-hydrogen) atoms. The SMILES string of the molecule is CNCCC=Cc1cc([N+](=O)[O-])ccc1F. The molecule has 0 fully saturated rings. The first-order valence-corrected chi connectivity index (χ1v) is 4.90. The van der Waals surface area contributed by atoms with Crippen LogP contribution in [0.4, 0.5) is 10.1 Å². The highest BCUT2D eigenvalue weighted by molar-refractivity contribution is 5.54. The van der Waals surface area contributed by atoms with Crippen molar-refractivity contribution in [1.82, 2.24) is 5.32 Å². The van der Waals surface area contributed by atoms with E-state index in [0.29, 0.717) is 0 Å². The van der Waals surface area contributed by atoms with Crippen molar-refractivity contribution in [3.05, 3.63) is 45.8 Å². The van der Waals surface area contributed by atoms with Gasteiger partial charge in [0.2, 0.25) is 0 Å². The first kappa shape index (κ1) is 12.3. The van der Waals surface area contributed by atoms with E-state index in [4.69, 9.17) is 0 Å². The summed E-state index contributed by atoms with van der Waals surface area (Å²) in [5.74, 6) is -0.452. The lowest BCUT2D eigenvalue weighted by Gasteiger charge is -1.97. The molecule has 0 bridgehead atoms. The van der Waals surface area contributed by atoms with E-state index in [9.17, 15) is 14.5 Å². The van der Waals surface area contributed by atoms with Crippen molar-refractivity contribution in [3.63, 3.8) is 0 Å². The third kappa shape index (κ3) is 3.43. The van der Waals surface area contributed by atoms with Crippen molar-refractivity contribution in [2.24, 2.45) is 0 Å². The van der Waals surface area contributed by atoms with Crippen molar-refractivity contribution in [2.75, 3.05) is 13.6 Å². The molecule has 0 amide bonds. The maximum Gasteiger partial charge on any atom is 0.270 e. The molecule has 0 radical (unpaired) electrons. The molecule has 5 heteroatoms. The van der Waals surface area contributed by atoms with Crippen molar-refractivity contribution in [2.45, 2.75) is 6.42 Å². The van der Waals surface area contributed by atoms with E-state index in [-0.39, 0.29) is 11.3 Å². The van der Waals surface area contributed by atoms with Gasteiger partial charge in [-0.25, -0.2) is 4.39 Å². The van der Waals surface area contributed by atoms with Crippen molar-refractivity contribution >= 4 is 11.8 Å². The maximum absolute atomic E-state index is 13.3. The molecule has 0 saturated carbocycles. The van der Waals surface area contributed by atoms with Crippen LogP contribution in [0.2, 0.25) is 0 Å². The molecule has 0 aliphatic carbocycles. The van der Waals surface area contributed by atoms with Crippen LogP contribution >= 0.6 is 0 Å². The van der Waals surface area contributed by atoms with Crippen LogP contribution in [0.5, 0.6) is 0 Å². The van der Waals surface area contributed by atoms with Crippen LogP contribution in [-0.2, 0) is 0 Å². The summed E-state index contributed by atoms with van der Waals surface area (Å²) in [5, 5.41) is 13.4. The van der Waals surface area contributed by atoms with Gasteiger partial charge in [0.15, 0.2) is 0 Å². The molecule has 1 N–H and O–H groups in total. The lowest BCUT2D eigenvalue weighted by Crippen LogP contribution is -2.05. The Kier molecular flexibility index (Phi) is 4.60. The molecule has 0 spiro atoms. The molecular formula is C11H13FN2O2. The largest absolute Gasteiger partial charge is 0.319 e. The van der Waals surface area contributed by atoms with Crippen LogP contribution in [-0.4, -0.2) is 18.5 Å². The van der Waals surface area contributed by atoms with Gasteiger partial charge in [-0.15, -0.1) is 0 Å². The Morgan fingerprint density at radius 3 is 2.94 bits per heavy atom. The van der Waals surface area contributed by atoms with Gasteiger partial charge in [-0.05, 0) is 26.1 Å². The van der Waals surface area contributed by atoms with Crippen LogP contribution in [0.15, 0.2) is 24.3 Å². The lowest BCUT2D eigenvalue weighted by atomic mass is 10.1. The lowest BCUT2D eigenvalue weighted by molar-refractivity contribution is -0.384. The van der Waals surface area contributed by atoms with E-state index in [1.165, 1.54) is 6.07 Å². The third-order valence-corrected chi connectivity index (χ3v) is 2.05. The molecule has 0 aliphatic rings. The average Bonchev–Trinajstić information content (AvgIpc) is 2.26. The Balaban J connectivity index is 2.82. The van der Waals surface area contributed by atoms with E-state index in [2.05, 4.69) is 5.32 Å². The summed E-state index contributed by atoms with van der Waals surface area (Å²) < 4.78 is 13.3. The summed E-state index contributed by atoms with van der Waals surface area (Å²) in [6.45, 7) is 0.785. The zero-order valence-corrected chi connectivity index (χ0v) is 8.94. The zero-order valence-electron chi connectivity index (χ0n) is 8.94. The molecule has 0 atom stereocenters. The molecule has 0 aromatic heterocycles. The van der Waals surface area contributed by atoms with E-state index < -0.39 is 10.7 Å². The minimum absolute atomic E-state index is 0.102. The van der Waals surface area contributed by atoms with Gasteiger partial charge in [0, 0.05) is 17.7 Å². The van der Waals surface area contributed by atoms with Crippen molar-refractivity contribution in [3.8, 4) is 0 Å². The second-order valence-corrected chi connectivity index (χ2v) is 3.26. The second kappa shape index (κ2) is 5.97. The predicted octanol–water partition coefficient (Wildman–Crippen LogP) is 2.36. The summed E-state index contributed by atoms with van der Waals surface area (Å²) in [5.41, 5.74) is 0.139. The quantitative estimate of drug-likeness (QED) is 0.474. The number of nitro benzene ring substituents is 1. The molecule has 4 nitrogen and oxygen atoms in total. The highest BCUT2D eigenvalue weighted by Crippen LogP contribution is 2.17. The smallest absolute Gasteiger partial charge is 0.270 e. The molecule has 1 rings (SSSR count). The van der Waals surface area contributed by atoms with Crippen molar-refractivity contribution in [1.29, 1.82) is 0 Å². The monoisotopic (exact) mass is 224 g/mol. The molecule has 86 valence electrons. The fourth-order valence-corrected chi connectivity index (χ4v) is 1.21. The normalized spacial score (nSPS) is 10.9. The van der Waals surface area contributed by atoms with Gasteiger partial charge in [0.1, 0.15) is 5.82 Å². The molecule has 0 heterocycles. The van der Waals surface area contributed by atoms with Crippen molar-refractivity contribution < 1.29 is 9.31 Å². The van der Waals surface area contributed by atoms with E-state index in [0.717, 1.165) is 25.1 Å². The van der Waals surface area contributed by atoms with Crippen LogP contribution < -0.4 is 5.32 Å². The Hall–Kier alpha value is -1.75.